The van der Waals surface area contributed by atoms with Crippen molar-refractivity contribution in [1.82, 2.24) is 16.2 Å². The Morgan fingerprint density at radius 3 is 2.24 bits per heavy atom. The van der Waals surface area contributed by atoms with E-state index in [9.17, 15) is 4.79 Å². The fraction of sp³-hybridized carbons (Fsp3) is 0.188. The number of para-hydroxylation sites is 1. The lowest BCUT2D eigenvalue weighted by atomic mass is 10.1. The van der Waals surface area contributed by atoms with Crippen molar-refractivity contribution in [2.45, 2.75) is 18.8 Å². The Labute approximate surface area is 123 Å². The van der Waals surface area contributed by atoms with Gasteiger partial charge >= 0.3 is 0 Å². The highest BCUT2D eigenvalue weighted by molar-refractivity contribution is 5.83. The van der Waals surface area contributed by atoms with E-state index >= 15 is 0 Å². The Hall–Kier alpha value is -2.37. The number of carbonyl (C=O) groups excluding carboxylic acids is 1. The molecule has 0 spiro atoms. The lowest BCUT2D eigenvalue weighted by molar-refractivity contribution is -0.126. The molecular weight excluding hydrogens is 264 g/mol. The standard InChI is InChI=1S/C16H18N4O/c21-15-14(11-12-7-3-1-4-8-12)19-20-16(18-15)17-13-9-5-2-6-10-13/h1-10,14,16-17,19-20H,11H2,(H,18,21). The average Bonchev–Trinajstić information content (AvgIpc) is 2.52. The van der Waals surface area contributed by atoms with E-state index in [4.69, 9.17) is 0 Å². The molecule has 4 N–H and O–H groups in total. The zero-order valence-electron chi connectivity index (χ0n) is 11.5. The van der Waals surface area contributed by atoms with Crippen molar-refractivity contribution in [2.75, 3.05) is 5.32 Å². The van der Waals surface area contributed by atoms with Crippen molar-refractivity contribution in [3.05, 3.63) is 66.2 Å². The highest BCUT2D eigenvalue weighted by atomic mass is 16.2. The molecule has 1 fully saturated rings. The second-order valence-corrected chi connectivity index (χ2v) is 4.98. The van der Waals surface area contributed by atoms with Gasteiger partial charge in [-0.3, -0.25) is 4.79 Å². The fourth-order valence-corrected chi connectivity index (χ4v) is 2.30. The number of nitrogens with one attached hydrogen (secondary N) is 4. The number of anilines is 1. The van der Waals surface area contributed by atoms with Crippen LogP contribution >= 0.6 is 0 Å². The van der Waals surface area contributed by atoms with Gasteiger partial charge in [0.05, 0.1) is 0 Å². The van der Waals surface area contributed by atoms with Crippen molar-refractivity contribution in [2.24, 2.45) is 0 Å². The second-order valence-electron chi connectivity index (χ2n) is 4.98. The molecule has 1 saturated heterocycles. The predicted molar refractivity (Wildman–Crippen MR) is 82.2 cm³/mol. The molecule has 1 heterocycles. The molecular formula is C16H18N4O. The Morgan fingerprint density at radius 1 is 0.905 bits per heavy atom. The summed E-state index contributed by atoms with van der Waals surface area (Å²) in [5.41, 5.74) is 8.21. The normalized spacial score (nSPS) is 21.6. The van der Waals surface area contributed by atoms with Crippen LogP contribution in [0.25, 0.3) is 0 Å². The van der Waals surface area contributed by atoms with Gasteiger partial charge in [0.2, 0.25) is 5.91 Å². The minimum absolute atomic E-state index is 0.0222. The third-order valence-corrected chi connectivity index (χ3v) is 3.37. The number of hydrogen-bond acceptors (Lipinski definition) is 4. The summed E-state index contributed by atoms with van der Waals surface area (Å²) in [6, 6.07) is 19.4. The number of hydrogen-bond donors (Lipinski definition) is 4. The van der Waals surface area contributed by atoms with Crippen LogP contribution in [-0.4, -0.2) is 18.2 Å². The van der Waals surface area contributed by atoms with Gasteiger partial charge in [-0.25, -0.2) is 10.9 Å². The van der Waals surface area contributed by atoms with Gasteiger partial charge < -0.3 is 10.6 Å². The molecule has 1 aliphatic rings. The first-order valence-electron chi connectivity index (χ1n) is 6.98. The summed E-state index contributed by atoms with van der Waals surface area (Å²) in [6.45, 7) is 0. The predicted octanol–water partition coefficient (Wildman–Crippen LogP) is 1.22. The maximum atomic E-state index is 12.1. The van der Waals surface area contributed by atoms with Crippen LogP contribution in [0.5, 0.6) is 0 Å². The molecule has 21 heavy (non-hydrogen) atoms. The molecule has 0 aromatic heterocycles. The summed E-state index contributed by atoms with van der Waals surface area (Å²) in [5.74, 6) is -0.0222. The Balaban J connectivity index is 1.56. The van der Waals surface area contributed by atoms with Gasteiger partial charge in [-0.05, 0) is 24.1 Å². The van der Waals surface area contributed by atoms with Crippen LogP contribution in [0.1, 0.15) is 5.56 Å². The molecule has 5 nitrogen and oxygen atoms in total. The molecule has 2 unspecified atom stereocenters. The quantitative estimate of drug-likeness (QED) is 0.681. The van der Waals surface area contributed by atoms with Crippen LogP contribution in [0.3, 0.4) is 0 Å². The first kappa shape index (κ1) is 13.6. The number of rotatable bonds is 4. The van der Waals surface area contributed by atoms with Gasteiger partial charge in [0.15, 0.2) is 6.29 Å². The Bertz CT molecular complexity index is 588. The van der Waals surface area contributed by atoms with E-state index in [-0.39, 0.29) is 18.2 Å². The number of amides is 1. The lowest BCUT2D eigenvalue weighted by Gasteiger charge is -2.32. The monoisotopic (exact) mass is 282 g/mol. The molecule has 1 amide bonds. The van der Waals surface area contributed by atoms with Crippen molar-refractivity contribution in [3.63, 3.8) is 0 Å². The molecule has 1 aliphatic heterocycles. The average molecular weight is 282 g/mol. The number of benzene rings is 2. The summed E-state index contributed by atoms with van der Waals surface area (Å²) in [4.78, 5) is 12.1. The molecule has 2 aromatic rings. The van der Waals surface area contributed by atoms with Gasteiger partial charge in [-0.15, -0.1) is 0 Å². The first-order chi connectivity index (χ1) is 10.3. The number of carbonyl (C=O) groups is 1. The van der Waals surface area contributed by atoms with Gasteiger partial charge in [-0.1, -0.05) is 48.5 Å². The van der Waals surface area contributed by atoms with Gasteiger partial charge in [0.25, 0.3) is 0 Å². The summed E-state index contributed by atoms with van der Waals surface area (Å²) in [6.07, 6.45) is 0.324. The van der Waals surface area contributed by atoms with E-state index in [1.54, 1.807) is 0 Å². The van der Waals surface area contributed by atoms with Crippen LogP contribution < -0.4 is 21.5 Å². The zero-order chi connectivity index (χ0) is 14.5. The van der Waals surface area contributed by atoms with E-state index in [2.05, 4.69) is 21.5 Å². The van der Waals surface area contributed by atoms with Gasteiger partial charge in [0.1, 0.15) is 6.04 Å². The smallest absolute Gasteiger partial charge is 0.241 e. The van der Waals surface area contributed by atoms with Gasteiger partial charge in [-0.2, -0.15) is 0 Å². The maximum Gasteiger partial charge on any atom is 0.241 e. The van der Waals surface area contributed by atoms with Gasteiger partial charge in [0, 0.05) is 5.69 Å². The lowest BCUT2D eigenvalue weighted by Crippen LogP contribution is -2.68. The van der Waals surface area contributed by atoms with Crippen LogP contribution in [0, 0.1) is 0 Å². The van der Waals surface area contributed by atoms with Crippen LogP contribution in [0.2, 0.25) is 0 Å². The largest absolute Gasteiger partial charge is 0.352 e. The SMILES string of the molecule is O=C1NC(Nc2ccccc2)NNC1Cc1ccccc1. The topological polar surface area (TPSA) is 65.2 Å². The van der Waals surface area contributed by atoms with E-state index < -0.39 is 0 Å². The molecule has 2 atom stereocenters. The summed E-state index contributed by atoms with van der Waals surface area (Å²) in [5, 5.41) is 6.10. The Morgan fingerprint density at radius 2 is 1.57 bits per heavy atom. The molecule has 108 valence electrons. The fourth-order valence-electron chi connectivity index (χ4n) is 2.30. The molecule has 0 radical (unpaired) electrons. The summed E-state index contributed by atoms with van der Waals surface area (Å²) >= 11 is 0. The highest BCUT2D eigenvalue weighted by Crippen LogP contribution is 2.08. The summed E-state index contributed by atoms with van der Waals surface area (Å²) < 4.78 is 0. The van der Waals surface area contributed by atoms with Crippen molar-refractivity contribution >= 4 is 11.6 Å². The minimum Gasteiger partial charge on any atom is -0.352 e. The van der Waals surface area contributed by atoms with Crippen LogP contribution in [-0.2, 0) is 11.2 Å². The van der Waals surface area contributed by atoms with E-state index in [1.807, 2.05) is 60.7 Å². The van der Waals surface area contributed by atoms with E-state index in [1.165, 1.54) is 0 Å². The molecule has 5 heteroatoms. The maximum absolute atomic E-state index is 12.1. The van der Waals surface area contributed by atoms with Crippen LogP contribution in [0.4, 0.5) is 5.69 Å². The third kappa shape index (κ3) is 3.59. The van der Waals surface area contributed by atoms with Crippen LogP contribution in [0.15, 0.2) is 60.7 Å². The number of hydrazine groups is 1. The second kappa shape index (κ2) is 6.39. The molecule has 0 aliphatic carbocycles. The van der Waals surface area contributed by atoms with Crippen molar-refractivity contribution in [1.29, 1.82) is 0 Å². The van der Waals surface area contributed by atoms with E-state index in [0.29, 0.717) is 6.42 Å². The molecule has 2 aromatic carbocycles. The molecule has 0 bridgehead atoms. The Kier molecular flexibility index (Phi) is 4.14. The highest BCUT2D eigenvalue weighted by Gasteiger charge is 2.26. The third-order valence-electron chi connectivity index (χ3n) is 3.37. The van der Waals surface area contributed by atoms with E-state index in [0.717, 1.165) is 11.3 Å². The minimum atomic E-state index is -0.327. The first-order valence-corrected chi connectivity index (χ1v) is 6.98. The molecule has 3 rings (SSSR count). The van der Waals surface area contributed by atoms with Crippen molar-refractivity contribution < 1.29 is 4.79 Å². The summed E-state index contributed by atoms with van der Waals surface area (Å²) in [7, 11) is 0. The zero-order valence-corrected chi connectivity index (χ0v) is 11.5. The van der Waals surface area contributed by atoms with Crippen molar-refractivity contribution in [3.8, 4) is 0 Å². The molecule has 0 saturated carbocycles.